The van der Waals surface area contributed by atoms with Crippen molar-refractivity contribution in [3.63, 3.8) is 0 Å². The molecule has 0 saturated carbocycles. The van der Waals surface area contributed by atoms with Gasteiger partial charge in [-0.05, 0) is 28.9 Å². The summed E-state index contributed by atoms with van der Waals surface area (Å²) in [6.07, 6.45) is 7.28. The number of nitrogens with zero attached hydrogens (tertiary/aromatic N) is 2. The number of rotatable bonds is 4. The minimum atomic E-state index is 0. The first-order valence-corrected chi connectivity index (χ1v) is 11.3. The zero-order valence-electron chi connectivity index (χ0n) is 18.8. The molecular weight excluding hydrogens is 519 g/mol. The zero-order valence-corrected chi connectivity index (χ0v) is 20.3. The van der Waals surface area contributed by atoms with Gasteiger partial charge in [0.15, 0.2) is 0 Å². The van der Waals surface area contributed by atoms with Crippen LogP contribution in [0.2, 0.25) is 0 Å². The van der Waals surface area contributed by atoms with Crippen LogP contribution in [0.5, 0.6) is 0 Å². The minimum Gasteiger partial charge on any atom is -0.345 e. The Bertz CT molecular complexity index is 1650. The second kappa shape index (κ2) is 10.2. The topological polar surface area (TPSA) is 25.8 Å². The maximum atomic E-state index is 4.91. The molecule has 0 radical (unpaired) electrons. The van der Waals surface area contributed by atoms with E-state index in [0.29, 0.717) is 0 Å². The summed E-state index contributed by atoms with van der Waals surface area (Å²) in [5, 5.41) is 4.67. The molecule has 0 spiro atoms. The Morgan fingerprint density at radius 1 is 0.657 bits per heavy atom. The molecule has 6 rings (SSSR count). The summed E-state index contributed by atoms with van der Waals surface area (Å²) in [6.45, 7) is 0. The van der Waals surface area contributed by atoms with Crippen molar-refractivity contribution in [2.75, 3.05) is 0 Å². The molecule has 2 nitrogen and oxygen atoms in total. The predicted octanol–water partition coefficient (Wildman–Crippen LogP) is 7.78. The molecule has 4 aromatic carbocycles. The number of benzene rings is 4. The predicted molar refractivity (Wildman–Crippen MR) is 140 cm³/mol. The van der Waals surface area contributed by atoms with Crippen molar-refractivity contribution in [1.82, 2.24) is 9.97 Å². The third kappa shape index (κ3) is 4.57. The summed E-state index contributed by atoms with van der Waals surface area (Å²) in [5.41, 5.74) is 5.75. The van der Waals surface area contributed by atoms with Gasteiger partial charge in [0, 0.05) is 11.9 Å². The van der Waals surface area contributed by atoms with Gasteiger partial charge >= 0.3 is 20.4 Å². The Morgan fingerprint density at radius 2 is 1.40 bits per heavy atom. The van der Waals surface area contributed by atoms with Crippen molar-refractivity contribution in [2.45, 2.75) is 0 Å². The van der Waals surface area contributed by atoms with E-state index in [1.807, 2.05) is 54.7 Å². The molecule has 0 saturated heterocycles. The van der Waals surface area contributed by atoms with Crippen LogP contribution >= 0.6 is 0 Å². The van der Waals surface area contributed by atoms with Crippen LogP contribution in [0, 0.1) is 12.1 Å². The van der Waals surface area contributed by atoms with E-state index in [2.05, 4.69) is 83.9 Å². The molecule has 0 fully saturated rings. The number of hydrogen-bond acceptors (Lipinski definition) is 2. The van der Waals surface area contributed by atoms with Gasteiger partial charge in [-0.2, -0.15) is 0 Å². The first kappa shape index (κ1) is 22.9. The van der Waals surface area contributed by atoms with Crippen LogP contribution in [-0.2, 0) is 20.4 Å². The largest absolute Gasteiger partial charge is 2.00 e. The normalized spacial score (nSPS) is 11.1. The van der Waals surface area contributed by atoms with Crippen LogP contribution < -0.4 is 0 Å². The SMILES string of the molecule is [C-](=Cc1cccc(-c2[c-]ccc3ccccc23)n1)c1ccc2ccccc2c1-c1ccccn1.[Pd+2]. The molecule has 0 amide bonds. The first-order chi connectivity index (χ1) is 16.9. The second-order valence-corrected chi connectivity index (χ2v) is 8.10. The maximum Gasteiger partial charge on any atom is 2.00 e. The van der Waals surface area contributed by atoms with E-state index in [-0.39, 0.29) is 20.4 Å². The smallest absolute Gasteiger partial charge is 0.345 e. The van der Waals surface area contributed by atoms with Crippen LogP contribution in [-0.4, -0.2) is 9.97 Å². The van der Waals surface area contributed by atoms with Crippen LogP contribution in [0.4, 0.5) is 0 Å². The number of fused-ring (bicyclic) bond motifs is 2. The van der Waals surface area contributed by atoms with E-state index < -0.39 is 0 Å². The molecule has 2 aromatic heterocycles. The summed E-state index contributed by atoms with van der Waals surface area (Å²) in [5.74, 6) is 0. The standard InChI is InChI=1S/C32H20N2.Pd/c1-3-13-27-23(9-1)11-7-15-29(27)30-17-8-12-26(34-30)21-20-25-19-18-24-10-2-4-14-28(24)32(25)31-16-5-6-22-33-31;/h1-14,16-19,21-22H;/q-2;+2. The summed E-state index contributed by atoms with van der Waals surface area (Å²) in [4.78, 5) is 9.53. The van der Waals surface area contributed by atoms with E-state index in [1.54, 1.807) is 0 Å². The fraction of sp³-hybridized carbons (Fsp3) is 0. The van der Waals surface area contributed by atoms with Crippen molar-refractivity contribution in [3.05, 3.63) is 139 Å². The van der Waals surface area contributed by atoms with Gasteiger partial charge < -0.3 is 4.98 Å². The molecule has 2 heterocycles. The van der Waals surface area contributed by atoms with Crippen molar-refractivity contribution < 1.29 is 20.4 Å². The minimum absolute atomic E-state index is 0. The Kier molecular flexibility index (Phi) is 6.64. The summed E-state index contributed by atoms with van der Waals surface area (Å²) >= 11 is 0. The van der Waals surface area contributed by atoms with Gasteiger partial charge in [-0.3, -0.25) is 4.98 Å². The van der Waals surface area contributed by atoms with Gasteiger partial charge in [-0.1, -0.05) is 95.2 Å². The third-order valence-corrected chi connectivity index (χ3v) is 5.97. The molecule has 0 aliphatic rings. The van der Waals surface area contributed by atoms with Crippen molar-refractivity contribution in [1.29, 1.82) is 0 Å². The maximum absolute atomic E-state index is 4.91. The quantitative estimate of drug-likeness (QED) is 0.169. The second-order valence-electron chi connectivity index (χ2n) is 8.10. The Labute approximate surface area is 218 Å². The molecule has 0 unspecified atom stereocenters. The first-order valence-electron chi connectivity index (χ1n) is 11.3. The number of pyridine rings is 2. The van der Waals surface area contributed by atoms with E-state index in [9.17, 15) is 0 Å². The Balaban J connectivity index is 0.00000253. The van der Waals surface area contributed by atoms with Gasteiger partial charge in [0.1, 0.15) is 0 Å². The molecule has 0 N–H and O–H groups in total. The third-order valence-electron chi connectivity index (χ3n) is 5.97. The van der Waals surface area contributed by atoms with Gasteiger partial charge in [0.2, 0.25) is 0 Å². The summed E-state index contributed by atoms with van der Waals surface area (Å²) < 4.78 is 0. The van der Waals surface area contributed by atoms with E-state index in [0.717, 1.165) is 44.5 Å². The molecule has 0 atom stereocenters. The van der Waals surface area contributed by atoms with E-state index in [1.165, 1.54) is 10.8 Å². The average molecular weight is 539 g/mol. The number of aromatic nitrogens is 2. The summed E-state index contributed by atoms with van der Waals surface area (Å²) in [6, 6.07) is 40.4. The van der Waals surface area contributed by atoms with Crippen molar-refractivity contribution in [3.8, 4) is 22.5 Å². The van der Waals surface area contributed by atoms with Gasteiger partial charge in [0.25, 0.3) is 0 Å². The fourth-order valence-electron chi connectivity index (χ4n) is 4.38. The van der Waals surface area contributed by atoms with Gasteiger partial charge in [-0.15, -0.1) is 52.9 Å². The van der Waals surface area contributed by atoms with Crippen LogP contribution in [0.15, 0.2) is 115 Å². The zero-order chi connectivity index (χ0) is 22.7. The van der Waals surface area contributed by atoms with Gasteiger partial charge in [-0.25, -0.2) is 0 Å². The molecule has 0 bridgehead atoms. The van der Waals surface area contributed by atoms with Crippen LogP contribution in [0.1, 0.15) is 11.3 Å². The molecule has 3 heteroatoms. The number of hydrogen-bond donors (Lipinski definition) is 0. The molecule has 0 aliphatic heterocycles. The fourth-order valence-corrected chi connectivity index (χ4v) is 4.38. The Hall–Kier alpha value is -3.90. The van der Waals surface area contributed by atoms with E-state index in [4.69, 9.17) is 4.98 Å². The molecule has 168 valence electrons. The Morgan fingerprint density at radius 3 is 2.23 bits per heavy atom. The van der Waals surface area contributed by atoms with Crippen LogP contribution in [0.25, 0.3) is 50.1 Å². The summed E-state index contributed by atoms with van der Waals surface area (Å²) in [7, 11) is 0. The molecular formula is C32H20N2Pd. The van der Waals surface area contributed by atoms with Crippen LogP contribution in [0.3, 0.4) is 0 Å². The molecule has 0 aliphatic carbocycles. The van der Waals surface area contributed by atoms with Gasteiger partial charge in [0.05, 0.1) is 0 Å². The van der Waals surface area contributed by atoms with Crippen molar-refractivity contribution in [2.24, 2.45) is 0 Å². The molecule has 6 aromatic rings. The average Bonchev–Trinajstić information content (AvgIpc) is 2.92. The van der Waals surface area contributed by atoms with E-state index >= 15 is 0 Å². The molecule has 35 heavy (non-hydrogen) atoms. The van der Waals surface area contributed by atoms with Crippen molar-refractivity contribution >= 4 is 27.6 Å². The monoisotopic (exact) mass is 538 g/mol.